The van der Waals surface area contributed by atoms with Gasteiger partial charge in [-0.05, 0) is 31.0 Å². The summed E-state index contributed by atoms with van der Waals surface area (Å²) >= 11 is 6.15. The van der Waals surface area contributed by atoms with Crippen molar-refractivity contribution in [3.8, 4) is 5.75 Å². The van der Waals surface area contributed by atoms with Crippen molar-refractivity contribution in [2.24, 2.45) is 5.73 Å². The molecule has 7 heteroatoms. The highest BCUT2D eigenvalue weighted by Crippen LogP contribution is 2.36. The fraction of sp³-hybridized carbons (Fsp3) is 0.474. The van der Waals surface area contributed by atoms with Crippen molar-refractivity contribution in [3.63, 3.8) is 0 Å². The zero-order chi connectivity index (χ0) is 18.7. The SMILES string of the molecule is COCc1nc(C2CC(N)C2)cc(N(C)Cc2cc(Cl)ccc2OC)n1. The van der Waals surface area contributed by atoms with Crippen molar-refractivity contribution in [2.75, 3.05) is 26.2 Å². The monoisotopic (exact) mass is 376 g/mol. The average Bonchev–Trinajstić information content (AvgIpc) is 2.59. The first kappa shape index (κ1) is 18.9. The zero-order valence-corrected chi connectivity index (χ0v) is 16.2. The lowest BCUT2D eigenvalue weighted by molar-refractivity contribution is 0.177. The molecule has 2 N–H and O–H groups in total. The zero-order valence-electron chi connectivity index (χ0n) is 15.4. The molecular formula is C19H25ClN4O2. The van der Waals surface area contributed by atoms with Crippen LogP contribution in [0.1, 0.15) is 35.8 Å². The van der Waals surface area contributed by atoms with E-state index in [1.54, 1.807) is 14.2 Å². The van der Waals surface area contributed by atoms with E-state index >= 15 is 0 Å². The van der Waals surface area contributed by atoms with E-state index in [-0.39, 0.29) is 6.04 Å². The molecule has 140 valence electrons. The van der Waals surface area contributed by atoms with Gasteiger partial charge >= 0.3 is 0 Å². The van der Waals surface area contributed by atoms with Crippen LogP contribution in [0, 0.1) is 0 Å². The summed E-state index contributed by atoms with van der Waals surface area (Å²) < 4.78 is 10.7. The van der Waals surface area contributed by atoms with Crippen LogP contribution in [0.3, 0.4) is 0 Å². The Bertz CT molecular complexity index is 765. The molecule has 26 heavy (non-hydrogen) atoms. The second kappa shape index (κ2) is 8.20. The van der Waals surface area contributed by atoms with Crippen LogP contribution in [-0.4, -0.2) is 37.3 Å². The Balaban J connectivity index is 1.86. The van der Waals surface area contributed by atoms with Gasteiger partial charge in [0.2, 0.25) is 0 Å². The van der Waals surface area contributed by atoms with Gasteiger partial charge in [-0.1, -0.05) is 11.6 Å². The van der Waals surface area contributed by atoms with Gasteiger partial charge in [0.1, 0.15) is 18.2 Å². The first-order valence-corrected chi connectivity index (χ1v) is 9.04. The molecule has 0 radical (unpaired) electrons. The molecule has 1 aliphatic rings. The molecule has 3 rings (SSSR count). The summed E-state index contributed by atoms with van der Waals surface area (Å²) in [5.74, 6) is 2.74. The van der Waals surface area contributed by atoms with Gasteiger partial charge in [-0.25, -0.2) is 9.97 Å². The Morgan fingerprint density at radius 2 is 2.00 bits per heavy atom. The minimum Gasteiger partial charge on any atom is -0.496 e. The van der Waals surface area contributed by atoms with Crippen molar-refractivity contribution < 1.29 is 9.47 Å². The number of methoxy groups -OCH3 is 2. The molecule has 0 bridgehead atoms. The summed E-state index contributed by atoms with van der Waals surface area (Å²) in [7, 11) is 5.30. The molecule has 1 aliphatic carbocycles. The van der Waals surface area contributed by atoms with Gasteiger partial charge in [0.15, 0.2) is 5.82 Å². The highest BCUT2D eigenvalue weighted by molar-refractivity contribution is 6.30. The Morgan fingerprint density at radius 1 is 1.23 bits per heavy atom. The van der Waals surface area contributed by atoms with Gasteiger partial charge in [-0.3, -0.25) is 0 Å². The number of hydrogen-bond donors (Lipinski definition) is 1. The largest absolute Gasteiger partial charge is 0.496 e. The average molecular weight is 377 g/mol. The van der Waals surface area contributed by atoms with E-state index < -0.39 is 0 Å². The lowest BCUT2D eigenvalue weighted by atomic mass is 9.78. The molecule has 2 aromatic rings. The molecule has 0 amide bonds. The lowest BCUT2D eigenvalue weighted by Gasteiger charge is -2.32. The number of hydrogen-bond acceptors (Lipinski definition) is 6. The third kappa shape index (κ3) is 4.26. The van der Waals surface area contributed by atoms with Gasteiger partial charge in [-0.15, -0.1) is 0 Å². The second-order valence-corrected chi connectivity index (χ2v) is 7.18. The van der Waals surface area contributed by atoms with Crippen LogP contribution in [0.25, 0.3) is 0 Å². The van der Waals surface area contributed by atoms with E-state index in [0.717, 1.165) is 35.7 Å². The van der Waals surface area contributed by atoms with Gasteiger partial charge in [0.05, 0.1) is 7.11 Å². The molecule has 1 heterocycles. The maximum absolute atomic E-state index is 6.15. The van der Waals surface area contributed by atoms with Crippen molar-refractivity contribution in [1.29, 1.82) is 0 Å². The number of ether oxygens (including phenoxy) is 2. The summed E-state index contributed by atoms with van der Waals surface area (Å²) in [4.78, 5) is 11.4. The van der Waals surface area contributed by atoms with E-state index in [1.165, 1.54) is 0 Å². The van der Waals surface area contributed by atoms with Crippen LogP contribution in [0.4, 0.5) is 5.82 Å². The number of halogens is 1. The molecule has 0 saturated heterocycles. The van der Waals surface area contributed by atoms with Crippen LogP contribution in [0.2, 0.25) is 5.02 Å². The van der Waals surface area contributed by atoms with E-state index in [2.05, 4.69) is 14.9 Å². The van der Waals surface area contributed by atoms with E-state index in [0.29, 0.717) is 29.9 Å². The van der Waals surface area contributed by atoms with Crippen LogP contribution in [0.15, 0.2) is 24.3 Å². The normalized spacial score (nSPS) is 19.1. The van der Waals surface area contributed by atoms with Gasteiger partial charge in [0, 0.05) is 55.0 Å². The smallest absolute Gasteiger partial charge is 0.156 e. The maximum atomic E-state index is 6.15. The number of rotatable bonds is 7. The van der Waals surface area contributed by atoms with Gasteiger partial charge < -0.3 is 20.1 Å². The highest BCUT2D eigenvalue weighted by atomic mass is 35.5. The topological polar surface area (TPSA) is 73.5 Å². The Morgan fingerprint density at radius 3 is 2.65 bits per heavy atom. The highest BCUT2D eigenvalue weighted by Gasteiger charge is 2.29. The third-order valence-electron chi connectivity index (χ3n) is 4.69. The quantitative estimate of drug-likeness (QED) is 0.800. The van der Waals surface area contributed by atoms with Crippen molar-refractivity contribution in [2.45, 2.75) is 38.0 Å². The molecule has 1 saturated carbocycles. The number of nitrogens with two attached hydrogens (primary N) is 1. The summed E-state index contributed by atoms with van der Waals surface area (Å²) in [6.07, 6.45) is 1.93. The Labute approximate surface area is 159 Å². The molecule has 1 aromatic carbocycles. The predicted molar refractivity (Wildman–Crippen MR) is 103 cm³/mol. The standard InChI is InChI=1S/C19H25ClN4O2/c1-24(10-13-6-14(20)4-5-17(13)26-3)19-9-16(12-7-15(21)8-12)22-18(23-19)11-25-2/h4-6,9,12,15H,7-8,10-11,21H2,1-3H3. The van der Waals surface area contributed by atoms with Gasteiger partial charge in [0.25, 0.3) is 0 Å². The summed E-state index contributed by atoms with van der Waals surface area (Å²) in [6, 6.07) is 7.94. The molecule has 0 aliphatic heterocycles. The minimum atomic E-state index is 0.276. The van der Waals surface area contributed by atoms with E-state index in [9.17, 15) is 0 Å². The van der Waals surface area contributed by atoms with Crippen LogP contribution in [0.5, 0.6) is 5.75 Å². The molecule has 1 aromatic heterocycles. The molecule has 0 unspecified atom stereocenters. The van der Waals surface area contributed by atoms with Crippen molar-refractivity contribution in [1.82, 2.24) is 9.97 Å². The molecular weight excluding hydrogens is 352 g/mol. The number of aromatic nitrogens is 2. The van der Waals surface area contributed by atoms with E-state index in [1.807, 2.05) is 31.3 Å². The van der Waals surface area contributed by atoms with E-state index in [4.69, 9.17) is 26.8 Å². The van der Waals surface area contributed by atoms with Crippen LogP contribution < -0.4 is 15.4 Å². The van der Waals surface area contributed by atoms with Crippen LogP contribution in [-0.2, 0) is 17.9 Å². The molecule has 0 spiro atoms. The minimum absolute atomic E-state index is 0.276. The number of anilines is 1. The summed E-state index contributed by atoms with van der Waals surface area (Å²) in [5.41, 5.74) is 7.98. The molecule has 0 atom stereocenters. The first-order valence-electron chi connectivity index (χ1n) is 8.66. The maximum Gasteiger partial charge on any atom is 0.156 e. The number of benzene rings is 1. The Hall–Kier alpha value is -1.89. The Kier molecular flexibility index (Phi) is 5.96. The van der Waals surface area contributed by atoms with Crippen LogP contribution >= 0.6 is 11.6 Å². The fourth-order valence-electron chi connectivity index (χ4n) is 3.21. The lowest BCUT2D eigenvalue weighted by Crippen LogP contribution is -2.35. The first-order chi connectivity index (χ1) is 12.5. The molecule has 1 fully saturated rings. The summed E-state index contributed by atoms with van der Waals surface area (Å²) in [6.45, 7) is 1.00. The van der Waals surface area contributed by atoms with Gasteiger partial charge in [-0.2, -0.15) is 0 Å². The van der Waals surface area contributed by atoms with Crippen molar-refractivity contribution >= 4 is 17.4 Å². The molecule has 6 nitrogen and oxygen atoms in total. The predicted octanol–water partition coefficient (Wildman–Crippen LogP) is 3.13. The van der Waals surface area contributed by atoms with Crippen molar-refractivity contribution in [3.05, 3.63) is 46.4 Å². The summed E-state index contributed by atoms with van der Waals surface area (Å²) in [5, 5.41) is 0.682. The number of nitrogens with zero attached hydrogens (tertiary/aromatic N) is 3. The second-order valence-electron chi connectivity index (χ2n) is 6.74. The third-order valence-corrected chi connectivity index (χ3v) is 4.92. The fourth-order valence-corrected chi connectivity index (χ4v) is 3.41.